The van der Waals surface area contributed by atoms with Gasteiger partial charge in [-0.1, -0.05) is 6.92 Å². The molecule has 1 rings (SSSR count). The zero-order valence-electron chi connectivity index (χ0n) is 8.36. The van der Waals surface area contributed by atoms with Gasteiger partial charge in [-0.05, 0) is 28.4 Å². The normalized spacial score (nSPS) is 9.67. The molecule has 0 N–H and O–H groups in total. The largest absolute Gasteiger partial charge is 0.457 e. The third kappa shape index (κ3) is 2.83. The number of hydrogen-bond acceptors (Lipinski definition) is 3. The number of halogens is 1. The third-order valence-corrected chi connectivity index (χ3v) is 2.50. The van der Waals surface area contributed by atoms with E-state index < -0.39 is 0 Å². The van der Waals surface area contributed by atoms with E-state index >= 15 is 0 Å². The van der Waals surface area contributed by atoms with E-state index in [9.17, 15) is 4.79 Å². The lowest BCUT2D eigenvalue weighted by Gasteiger charge is -2.17. The van der Waals surface area contributed by atoms with E-state index in [1.165, 1.54) is 11.2 Å². The van der Waals surface area contributed by atoms with Crippen LogP contribution in [0.5, 0.6) is 0 Å². The molecule has 0 bridgehead atoms. The SMILES string of the molecule is CCCN(CC#N)C(=O)c1ccoc1Br. The predicted molar refractivity (Wildman–Crippen MR) is 58.2 cm³/mol. The lowest BCUT2D eigenvalue weighted by molar-refractivity contribution is 0.0774. The van der Waals surface area contributed by atoms with Gasteiger partial charge in [-0.3, -0.25) is 4.79 Å². The molecule has 1 aromatic heterocycles. The van der Waals surface area contributed by atoms with Crippen LogP contribution in [0, 0.1) is 11.3 Å². The molecule has 0 fully saturated rings. The van der Waals surface area contributed by atoms with E-state index in [4.69, 9.17) is 9.68 Å². The fourth-order valence-electron chi connectivity index (χ4n) is 1.22. The van der Waals surface area contributed by atoms with Crippen LogP contribution in [0.3, 0.4) is 0 Å². The van der Waals surface area contributed by atoms with Crippen LogP contribution < -0.4 is 0 Å². The Morgan fingerprint density at radius 2 is 2.47 bits per heavy atom. The maximum absolute atomic E-state index is 11.9. The first-order valence-corrected chi connectivity index (χ1v) is 5.39. The highest BCUT2D eigenvalue weighted by Crippen LogP contribution is 2.19. The van der Waals surface area contributed by atoms with Crippen LogP contribution in [0.1, 0.15) is 23.7 Å². The topological polar surface area (TPSA) is 57.2 Å². The van der Waals surface area contributed by atoms with E-state index in [1.807, 2.05) is 13.0 Å². The summed E-state index contributed by atoms with van der Waals surface area (Å²) in [5.41, 5.74) is 0.457. The minimum absolute atomic E-state index is 0.101. The fourth-order valence-corrected chi connectivity index (χ4v) is 1.63. The summed E-state index contributed by atoms with van der Waals surface area (Å²) in [5, 5.41) is 8.60. The quantitative estimate of drug-likeness (QED) is 0.790. The van der Waals surface area contributed by atoms with Crippen LogP contribution in [0.25, 0.3) is 0 Å². The van der Waals surface area contributed by atoms with Gasteiger partial charge in [0, 0.05) is 6.54 Å². The van der Waals surface area contributed by atoms with Crippen LogP contribution in [0.15, 0.2) is 21.4 Å². The van der Waals surface area contributed by atoms with Crippen LogP contribution in [0.4, 0.5) is 0 Å². The highest BCUT2D eigenvalue weighted by molar-refractivity contribution is 9.10. The van der Waals surface area contributed by atoms with Gasteiger partial charge in [-0.25, -0.2) is 0 Å². The molecule has 1 amide bonds. The van der Waals surface area contributed by atoms with Crippen LogP contribution in [-0.2, 0) is 0 Å². The lowest BCUT2D eigenvalue weighted by atomic mass is 10.3. The van der Waals surface area contributed by atoms with Gasteiger partial charge >= 0.3 is 0 Å². The number of nitrogens with zero attached hydrogens (tertiary/aromatic N) is 2. The minimum atomic E-state index is -0.181. The summed E-state index contributed by atoms with van der Waals surface area (Å²) in [6.45, 7) is 2.64. The number of furan rings is 1. The third-order valence-electron chi connectivity index (χ3n) is 1.89. The maximum atomic E-state index is 11.9. The zero-order chi connectivity index (χ0) is 11.3. The Balaban J connectivity index is 2.81. The maximum Gasteiger partial charge on any atom is 0.259 e. The van der Waals surface area contributed by atoms with Crippen molar-refractivity contribution in [1.29, 1.82) is 5.26 Å². The number of carbonyl (C=O) groups is 1. The second-order valence-electron chi connectivity index (χ2n) is 2.99. The molecule has 15 heavy (non-hydrogen) atoms. The van der Waals surface area contributed by atoms with Gasteiger partial charge in [-0.2, -0.15) is 5.26 Å². The molecule has 0 aliphatic rings. The molecule has 80 valence electrons. The van der Waals surface area contributed by atoms with Gasteiger partial charge in [-0.15, -0.1) is 0 Å². The molecule has 0 aromatic carbocycles. The highest BCUT2D eigenvalue weighted by atomic mass is 79.9. The molecule has 0 radical (unpaired) electrons. The lowest BCUT2D eigenvalue weighted by Crippen LogP contribution is -2.32. The van der Waals surface area contributed by atoms with Crippen molar-refractivity contribution in [2.24, 2.45) is 0 Å². The molecular weight excluding hydrogens is 260 g/mol. The van der Waals surface area contributed by atoms with Gasteiger partial charge in [0.05, 0.1) is 17.9 Å². The summed E-state index contributed by atoms with van der Waals surface area (Å²) >= 11 is 3.14. The average Bonchev–Trinajstić information content (AvgIpc) is 2.63. The van der Waals surface area contributed by atoms with Gasteiger partial charge in [0.15, 0.2) is 4.67 Å². The molecule has 0 aliphatic carbocycles. The molecular formula is C10H11BrN2O2. The van der Waals surface area contributed by atoms with E-state index in [0.717, 1.165) is 6.42 Å². The van der Waals surface area contributed by atoms with E-state index in [1.54, 1.807) is 6.07 Å². The average molecular weight is 271 g/mol. The number of carbonyl (C=O) groups excluding carboxylic acids is 1. The molecule has 0 saturated heterocycles. The summed E-state index contributed by atoms with van der Waals surface area (Å²) in [4.78, 5) is 13.4. The standard InChI is InChI=1S/C10H11BrN2O2/c1-2-5-13(6-4-12)10(14)8-3-7-15-9(8)11/h3,7H,2,5-6H2,1H3. The molecule has 1 aromatic rings. The highest BCUT2D eigenvalue weighted by Gasteiger charge is 2.18. The summed E-state index contributed by atoms with van der Waals surface area (Å²) in [6.07, 6.45) is 2.26. The second kappa shape index (κ2) is 5.56. The number of hydrogen-bond donors (Lipinski definition) is 0. The predicted octanol–water partition coefficient (Wildman–Crippen LogP) is 2.42. The zero-order valence-corrected chi connectivity index (χ0v) is 9.95. The first kappa shape index (κ1) is 11.8. The van der Waals surface area contributed by atoms with Crippen molar-refractivity contribution in [3.63, 3.8) is 0 Å². The van der Waals surface area contributed by atoms with Crippen molar-refractivity contribution in [2.75, 3.05) is 13.1 Å². The van der Waals surface area contributed by atoms with Crippen molar-refractivity contribution >= 4 is 21.8 Å². The summed E-state index contributed by atoms with van der Waals surface area (Å²) < 4.78 is 5.39. The molecule has 0 aliphatic heterocycles. The number of nitriles is 1. The molecule has 0 saturated carbocycles. The Bertz CT molecular complexity index is 381. The summed E-state index contributed by atoms with van der Waals surface area (Å²) in [5.74, 6) is -0.181. The minimum Gasteiger partial charge on any atom is -0.457 e. The fraction of sp³-hybridized carbons (Fsp3) is 0.400. The first-order valence-electron chi connectivity index (χ1n) is 4.60. The van der Waals surface area contributed by atoms with E-state index in [-0.39, 0.29) is 12.5 Å². The Morgan fingerprint density at radius 1 is 1.73 bits per heavy atom. The van der Waals surface area contributed by atoms with E-state index in [2.05, 4.69) is 15.9 Å². The second-order valence-corrected chi connectivity index (χ2v) is 3.71. The van der Waals surface area contributed by atoms with Gasteiger partial charge < -0.3 is 9.32 Å². The number of amides is 1. The first-order chi connectivity index (χ1) is 7.20. The van der Waals surface area contributed by atoms with Crippen LogP contribution >= 0.6 is 15.9 Å². The summed E-state index contributed by atoms with van der Waals surface area (Å²) in [6, 6.07) is 3.56. The molecule has 5 heteroatoms. The smallest absolute Gasteiger partial charge is 0.259 e. The van der Waals surface area contributed by atoms with Gasteiger partial charge in [0.2, 0.25) is 0 Å². The van der Waals surface area contributed by atoms with Crippen LogP contribution in [-0.4, -0.2) is 23.9 Å². The van der Waals surface area contributed by atoms with E-state index in [0.29, 0.717) is 16.8 Å². The van der Waals surface area contributed by atoms with Crippen molar-refractivity contribution in [3.8, 4) is 6.07 Å². The molecule has 0 spiro atoms. The van der Waals surface area contributed by atoms with Crippen LogP contribution in [0.2, 0.25) is 0 Å². The Labute approximate surface area is 96.6 Å². The van der Waals surface area contributed by atoms with Gasteiger partial charge in [0.25, 0.3) is 5.91 Å². The molecule has 0 atom stereocenters. The van der Waals surface area contributed by atoms with Crippen molar-refractivity contribution in [3.05, 3.63) is 22.6 Å². The van der Waals surface area contributed by atoms with Crippen molar-refractivity contribution in [1.82, 2.24) is 4.90 Å². The van der Waals surface area contributed by atoms with Crippen molar-refractivity contribution in [2.45, 2.75) is 13.3 Å². The monoisotopic (exact) mass is 270 g/mol. The van der Waals surface area contributed by atoms with Gasteiger partial charge in [0.1, 0.15) is 6.54 Å². The molecule has 1 heterocycles. The molecule has 4 nitrogen and oxygen atoms in total. The summed E-state index contributed by atoms with van der Waals surface area (Å²) in [7, 11) is 0. The number of rotatable bonds is 4. The molecule has 0 unspecified atom stereocenters. The Morgan fingerprint density at radius 3 is 2.93 bits per heavy atom. The Hall–Kier alpha value is -1.28. The Kier molecular flexibility index (Phi) is 4.37. The van der Waals surface area contributed by atoms with Crippen molar-refractivity contribution < 1.29 is 9.21 Å².